The summed E-state index contributed by atoms with van der Waals surface area (Å²) in [5.41, 5.74) is 0.972. The van der Waals surface area contributed by atoms with Crippen molar-refractivity contribution in [3.05, 3.63) is 18.0 Å². The molecule has 1 saturated heterocycles. The number of nitrogens with zero attached hydrogens (tertiary/aromatic N) is 2. The van der Waals surface area contributed by atoms with Gasteiger partial charge >= 0.3 is 0 Å². The first-order valence-corrected chi connectivity index (χ1v) is 5.64. The van der Waals surface area contributed by atoms with Gasteiger partial charge in [-0.3, -0.25) is 9.48 Å². The molecular weight excluding hydrogens is 206 g/mol. The lowest BCUT2D eigenvalue weighted by atomic mass is 10.1. The SMILES string of the molecule is CCn1cc(CC(=O)C2COCCN2)cn1. The van der Waals surface area contributed by atoms with Gasteiger partial charge in [-0.25, -0.2) is 0 Å². The van der Waals surface area contributed by atoms with Crippen LogP contribution in [-0.4, -0.2) is 41.4 Å². The first kappa shape index (κ1) is 11.3. The first-order valence-electron chi connectivity index (χ1n) is 5.64. The van der Waals surface area contributed by atoms with E-state index in [0.29, 0.717) is 19.6 Å². The molecule has 0 aliphatic carbocycles. The molecule has 5 nitrogen and oxygen atoms in total. The van der Waals surface area contributed by atoms with Gasteiger partial charge in [-0.15, -0.1) is 0 Å². The normalized spacial score (nSPS) is 20.9. The zero-order valence-corrected chi connectivity index (χ0v) is 9.48. The van der Waals surface area contributed by atoms with Crippen LogP contribution in [0.5, 0.6) is 0 Å². The van der Waals surface area contributed by atoms with E-state index < -0.39 is 0 Å². The molecule has 0 radical (unpaired) electrons. The van der Waals surface area contributed by atoms with E-state index in [4.69, 9.17) is 4.74 Å². The lowest BCUT2D eigenvalue weighted by Gasteiger charge is -2.22. The van der Waals surface area contributed by atoms with Crippen molar-refractivity contribution in [2.75, 3.05) is 19.8 Å². The van der Waals surface area contributed by atoms with Crippen LogP contribution in [0.3, 0.4) is 0 Å². The minimum absolute atomic E-state index is 0.154. The predicted octanol–water partition coefficient (Wildman–Crippen LogP) is 0.00300. The van der Waals surface area contributed by atoms with Gasteiger partial charge in [-0.1, -0.05) is 0 Å². The Morgan fingerprint density at radius 1 is 1.75 bits per heavy atom. The van der Waals surface area contributed by atoms with Gasteiger partial charge in [0, 0.05) is 25.7 Å². The topological polar surface area (TPSA) is 56.1 Å². The fourth-order valence-electron chi connectivity index (χ4n) is 1.77. The van der Waals surface area contributed by atoms with E-state index in [1.807, 2.05) is 17.8 Å². The molecule has 0 amide bonds. The number of aromatic nitrogens is 2. The minimum atomic E-state index is -0.154. The third kappa shape index (κ3) is 2.68. The molecule has 5 heteroatoms. The van der Waals surface area contributed by atoms with Crippen LogP contribution in [0.4, 0.5) is 0 Å². The van der Waals surface area contributed by atoms with Crippen molar-refractivity contribution in [3.63, 3.8) is 0 Å². The lowest BCUT2D eigenvalue weighted by molar-refractivity contribution is -0.123. The summed E-state index contributed by atoms with van der Waals surface area (Å²) in [7, 11) is 0. The van der Waals surface area contributed by atoms with Gasteiger partial charge in [-0.2, -0.15) is 5.10 Å². The van der Waals surface area contributed by atoms with Crippen LogP contribution in [0.25, 0.3) is 0 Å². The van der Waals surface area contributed by atoms with Gasteiger partial charge in [0.2, 0.25) is 0 Å². The molecule has 1 aromatic rings. The molecule has 1 aliphatic rings. The Morgan fingerprint density at radius 2 is 2.62 bits per heavy atom. The van der Waals surface area contributed by atoms with Gasteiger partial charge in [0.25, 0.3) is 0 Å². The highest BCUT2D eigenvalue weighted by atomic mass is 16.5. The summed E-state index contributed by atoms with van der Waals surface area (Å²) in [5.74, 6) is 0.176. The summed E-state index contributed by atoms with van der Waals surface area (Å²) < 4.78 is 7.09. The molecule has 0 bridgehead atoms. The number of nitrogens with one attached hydrogen (secondary N) is 1. The van der Waals surface area contributed by atoms with Crippen molar-refractivity contribution in [1.82, 2.24) is 15.1 Å². The maximum absolute atomic E-state index is 11.9. The van der Waals surface area contributed by atoms with E-state index in [1.165, 1.54) is 0 Å². The van der Waals surface area contributed by atoms with Gasteiger partial charge in [0.05, 0.1) is 25.5 Å². The molecule has 1 N–H and O–H groups in total. The second-order valence-corrected chi connectivity index (χ2v) is 3.93. The number of carbonyl (C=O) groups is 1. The highest BCUT2D eigenvalue weighted by Crippen LogP contribution is 2.04. The van der Waals surface area contributed by atoms with E-state index in [1.54, 1.807) is 6.20 Å². The standard InChI is InChI=1S/C11H17N3O2/c1-2-14-7-9(6-13-14)5-11(15)10-8-16-4-3-12-10/h6-7,10,12H,2-5,8H2,1H3. The second-order valence-electron chi connectivity index (χ2n) is 3.93. The summed E-state index contributed by atoms with van der Waals surface area (Å²) in [6.07, 6.45) is 4.10. The molecule has 1 fully saturated rings. The van der Waals surface area contributed by atoms with E-state index in [2.05, 4.69) is 10.4 Å². The second kappa shape index (κ2) is 5.23. The number of carbonyl (C=O) groups excluding carboxylic acids is 1. The highest BCUT2D eigenvalue weighted by molar-refractivity contribution is 5.86. The third-order valence-corrected chi connectivity index (χ3v) is 2.70. The van der Waals surface area contributed by atoms with Crippen LogP contribution in [0, 0.1) is 0 Å². The molecule has 1 atom stereocenters. The average molecular weight is 223 g/mol. The fourth-order valence-corrected chi connectivity index (χ4v) is 1.77. The molecule has 1 aliphatic heterocycles. The highest BCUT2D eigenvalue weighted by Gasteiger charge is 2.21. The van der Waals surface area contributed by atoms with Crippen molar-refractivity contribution in [2.45, 2.75) is 25.9 Å². The Labute approximate surface area is 94.8 Å². The summed E-state index contributed by atoms with van der Waals surface area (Å²) >= 11 is 0. The molecule has 0 spiro atoms. The maximum Gasteiger partial charge on any atom is 0.156 e. The van der Waals surface area contributed by atoms with E-state index >= 15 is 0 Å². The third-order valence-electron chi connectivity index (χ3n) is 2.70. The van der Waals surface area contributed by atoms with Crippen molar-refractivity contribution >= 4 is 5.78 Å². The smallest absolute Gasteiger partial charge is 0.156 e. The molecule has 88 valence electrons. The summed E-state index contributed by atoms with van der Waals surface area (Å²) in [6.45, 7) is 4.79. The van der Waals surface area contributed by atoms with Crippen LogP contribution in [0.15, 0.2) is 12.4 Å². The zero-order chi connectivity index (χ0) is 11.4. The van der Waals surface area contributed by atoms with Gasteiger partial charge in [0.1, 0.15) is 0 Å². The van der Waals surface area contributed by atoms with Crippen molar-refractivity contribution < 1.29 is 9.53 Å². The van der Waals surface area contributed by atoms with Gasteiger partial charge < -0.3 is 10.1 Å². The van der Waals surface area contributed by atoms with Crippen molar-refractivity contribution in [3.8, 4) is 0 Å². The Bertz CT molecular complexity index is 356. The van der Waals surface area contributed by atoms with E-state index in [0.717, 1.165) is 18.7 Å². The van der Waals surface area contributed by atoms with E-state index in [-0.39, 0.29) is 11.8 Å². The Kier molecular flexibility index (Phi) is 3.69. The van der Waals surface area contributed by atoms with Crippen LogP contribution in [-0.2, 0) is 22.5 Å². The monoisotopic (exact) mass is 223 g/mol. The average Bonchev–Trinajstić information content (AvgIpc) is 2.78. The van der Waals surface area contributed by atoms with E-state index in [9.17, 15) is 4.79 Å². The maximum atomic E-state index is 11.9. The number of ether oxygens (including phenoxy) is 1. The number of hydrogen-bond acceptors (Lipinski definition) is 4. The molecule has 1 unspecified atom stereocenters. The van der Waals surface area contributed by atoms with Crippen LogP contribution < -0.4 is 5.32 Å². The number of Topliss-reactive ketones (excluding diaryl/α,β-unsaturated/α-hetero) is 1. The summed E-state index contributed by atoms with van der Waals surface area (Å²) in [4.78, 5) is 11.9. The Morgan fingerprint density at radius 3 is 3.25 bits per heavy atom. The molecular formula is C11H17N3O2. The van der Waals surface area contributed by atoms with Crippen molar-refractivity contribution in [2.24, 2.45) is 0 Å². The molecule has 2 heterocycles. The van der Waals surface area contributed by atoms with Crippen LogP contribution >= 0.6 is 0 Å². The number of ketones is 1. The minimum Gasteiger partial charge on any atom is -0.378 e. The van der Waals surface area contributed by atoms with Crippen LogP contribution in [0.2, 0.25) is 0 Å². The van der Waals surface area contributed by atoms with Crippen molar-refractivity contribution in [1.29, 1.82) is 0 Å². The number of morpholine rings is 1. The summed E-state index contributed by atoms with van der Waals surface area (Å²) in [6, 6.07) is -0.154. The fraction of sp³-hybridized carbons (Fsp3) is 0.636. The van der Waals surface area contributed by atoms with Crippen LogP contribution in [0.1, 0.15) is 12.5 Å². The Balaban J connectivity index is 1.90. The summed E-state index contributed by atoms with van der Waals surface area (Å²) in [5, 5.41) is 7.30. The molecule has 2 rings (SSSR count). The van der Waals surface area contributed by atoms with Gasteiger partial charge in [-0.05, 0) is 12.5 Å². The lowest BCUT2D eigenvalue weighted by Crippen LogP contribution is -2.47. The quantitative estimate of drug-likeness (QED) is 0.781. The number of rotatable bonds is 4. The molecule has 0 saturated carbocycles. The molecule has 1 aromatic heterocycles. The first-order chi connectivity index (χ1) is 7.79. The number of aryl methyl sites for hydroxylation is 1. The predicted molar refractivity (Wildman–Crippen MR) is 59.2 cm³/mol. The zero-order valence-electron chi connectivity index (χ0n) is 9.48. The number of hydrogen-bond donors (Lipinski definition) is 1. The molecule has 16 heavy (non-hydrogen) atoms. The largest absolute Gasteiger partial charge is 0.378 e. The molecule has 0 aromatic carbocycles. The Hall–Kier alpha value is -1.20. The van der Waals surface area contributed by atoms with Gasteiger partial charge in [0.15, 0.2) is 5.78 Å².